The van der Waals surface area contributed by atoms with Gasteiger partial charge in [-0.2, -0.15) is 0 Å². The van der Waals surface area contributed by atoms with E-state index in [0.717, 1.165) is 45.4 Å². The largest absolute Gasteiger partial charge is 0.352 e. The van der Waals surface area contributed by atoms with Gasteiger partial charge in [0, 0.05) is 32.6 Å². The number of nitrogens with one attached hydrogen (secondary N) is 1. The van der Waals surface area contributed by atoms with Crippen molar-refractivity contribution in [3.8, 4) is 0 Å². The molecule has 2 amide bonds. The molecule has 0 aliphatic carbocycles. The average Bonchev–Trinajstić information content (AvgIpc) is 2.56. The fourth-order valence-corrected chi connectivity index (χ4v) is 3.19. The molecule has 0 aromatic heterocycles. The normalized spacial score (nSPS) is 15.5. The number of nitrogens with zero attached hydrogens (tertiary/aromatic N) is 2. The Morgan fingerprint density at radius 2 is 1.88 bits per heavy atom. The van der Waals surface area contributed by atoms with Crippen LogP contribution in [-0.4, -0.2) is 53.8 Å². The lowest BCUT2D eigenvalue weighted by atomic mass is 10.0. The van der Waals surface area contributed by atoms with Crippen LogP contribution in [0.15, 0.2) is 30.3 Å². The molecular weight excluding hydrogens is 302 g/mol. The lowest BCUT2D eigenvalue weighted by molar-refractivity contribution is -0.130. The number of carbonyl (C=O) groups is 2. The number of carbonyl (C=O) groups excluding carboxylic acids is 2. The highest BCUT2D eigenvalue weighted by atomic mass is 16.2. The molecule has 1 aromatic carbocycles. The molecule has 1 aliphatic rings. The van der Waals surface area contributed by atoms with Crippen molar-refractivity contribution in [1.82, 2.24) is 15.1 Å². The third kappa shape index (κ3) is 5.96. The molecule has 1 aromatic rings. The maximum Gasteiger partial charge on any atom is 0.234 e. The predicted octanol–water partition coefficient (Wildman–Crippen LogP) is 2.03. The van der Waals surface area contributed by atoms with Crippen molar-refractivity contribution in [2.75, 3.05) is 26.2 Å². The molecule has 132 valence electrons. The molecule has 1 heterocycles. The Kier molecular flexibility index (Phi) is 7.25. The summed E-state index contributed by atoms with van der Waals surface area (Å²) in [4.78, 5) is 27.8. The van der Waals surface area contributed by atoms with Crippen molar-refractivity contribution in [2.45, 2.75) is 45.7 Å². The minimum absolute atomic E-state index is 0.0839. The second-order valence-electron chi connectivity index (χ2n) is 6.54. The summed E-state index contributed by atoms with van der Waals surface area (Å²) < 4.78 is 0. The van der Waals surface area contributed by atoms with Crippen molar-refractivity contribution >= 4 is 11.8 Å². The number of amides is 2. The van der Waals surface area contributed by atoms with Crippen LogP contribution in [0.25, 0.3) is 0 Å². The summed E-state index contributed by atoms with van der Waals surface area (Å²) in [5, 5.41) is 3.13. The number of hydrogen-bond acceptors (Lipinski definition) is 3. The van der Waals surface area contributed by atoms with Gasteiger partial charge in [0.15, 0.2) is 0 Å². The first-order valence-corrected chi connectivity index (χ1v) is 8.89. The molecule has 5 nitrogen and oxygen atoms in total. The summed E-state index contributed by atoms with van der Waals surface area (Å²) >= 11 is 0. The van der Waals surface area contributed by atoms with Gasteiger partial charge in [0.1, 0.15) is 0 Å². The molecule has 1 aliphatic heterocycles. The topological polar surface area (TPSA) is 52.7 Å². The number of piperidine rings is 1. The van der Waals surface area contributed by atoms with Gasteiger partial charge in [-0.15, -0.1) is 0 Å². The van der Waals surface area contributed by atoms with Gasteiger partial charge < -0.3 is 10.2 Å². The Hall–Kier alpha value is -1.88. The van der Waals surface area contributed by atoms with Gasteiger partial charge in [0.25, 0.3) is 0 Å². The fourth-order valence-electron chi connectivity index (χ4n) is 3.19. The van der Waals surface area contributed by atoms with E-state index < -0.39 is 0 Å². The van der Waals surface area contributed by atoms with Gasteiger partial charge >= 0.3 is 0 Å². The summed E-state index contributed by atoms with van der Waals surface area (Å²) in [5.41, 5.74) is 1.23. The minimum atomic E-state index is 0.0839. The Balaban J connectivity index is 1.79. The van der Waals surface area contributed by atoms with Gasteiger partial charge in [0.2, 0.25) is 11.8 Å². The van der Waals surface area contributed by atoms with E-state index >= 15 is 0 Å². The second-order valence-corrected chi connectivity index (χ2v) is 6.54. The van der Waals surface area contributed by atoms with Crippen LogP contribution in [0.2, 0.25) is 0 Å². The number of rotatable bonds is 7. The SMILES string of the molecule is CCCN(CC(=O)NC1CCN(C(C)=O)CC1)Cc1ccccc1. The van der Waals surface area contributed by atoms with Crippen LogP contribution in [0.1, 0.15) is 38.7 Å². The highest BCUT2D eigenvalue weighted by molar-refractivity contribution is 5.78. The zero-order valence-corrected chi connectivity index (χ0v) is 14.8. The molecule has 0 saturated carbocycles. The number of likely N-dealkylation sites (tertiary alicyclic amines) is 1. The van der Waals surface area contributed by atoms with Crippen LogP contribution in [0.5, 0.6) is 0 Å². The quantitative estimate of drug-likeness (QED) is 0.832. The molecule has 0 unspecified atom stereocenters. The zero-order valence-electron chi connectivity index (χ0n) is 14.8. The number of hydrogen-bond donors (Lipinski definition) is 1. The van der Waals surface area contributed by atoms with Crippen molar-refractivity contribution < 1.29 is 9.59 Å². The van der Waals surface area contributed by atoms with Gasteiger partial charge in [-0.25, -0.2) is 0 Å². The maximum absolute atomic E-state index is 12.4. The van der Waals surface area contributed by atoms with Crippen LogP contribution >= 0.6 is 0 Å². The lowest BCUT2D eigenvalue weighted by Crippen LogP contribution is -2.48. The molecule has 1 N–H and O–H groups in total. The van der Waals surface area contributed by atoms with Gasteiger partial charge in [0.05, 0.1) is 6.54 Å². The van der Waals surface area contributed by atoms with E-state index in [2.05, 4.69) is 29.3 Å². The van der Waals surface area contributed by atoms with E-state index in [9.17, 15) is 9.59 Å². The third-order valence-electron chi connectivity index (χ3n) is 4.46. The van der Waals surface area contributed by atoms with Crippen molar-refractivity contribution in [3.63, 3.8) is 0 Å². The summed E-state index contributed by atoms with van der Waals surface area (Å²) in [6.07, 6.45) is 2.71. The second kappa shape index (κ2) is 9.42. The molecule has 2 rings (SSSR count). The average molecular weight is 331 g/mol. The smallest absolute Gasteiger partial charge is 0.234 e. The van der Waals surface area contributed by atoms with Crippen LogP contribution in [0, 0.1) is 0 Å². The predicted molar refractivity (Wildman–Crippen MR) is 95.4 cm³/mol. The molecule has 0 spiro atoms. The van der Waals surface area contributed by atoms with Gasteiger partial charge in [-0.1, -0.05) is 37.3 Å². The molecule has 1 fully saturated rings. The molecule has 24 heavy (non-hydrogen) atoms. The van der Waals surface area contributed by atoms with Crippen molar-refractivity contribution in [1.29, 1.82) is 0 Å². The molecule has 0 radical (unpaired) electrons. The number of benzene rings is 1. The Morgan fingerprint density at radius 1 is 1.21 bits per heavy atom. The first kappa shape index (κ1) is 18.5. The first-order chi connectivity index (χ1) is 11.6. The third-order valence-corrected chi connectivity index (χ3v) is 4.46. The van der Waals surface area contributed by atoms with Gasteiger partial charge in [-0.3, -0.25) is 14.5 Å². The standard InChI is InChI=1S/C19H29N3O2/c1-3-11-21(14-17-7-5-4-6-8-17)15-19(24)20-18-9-12-22(13-10-18)16(2)23/h4-8,18H,3,9-15H2,1-2H3,(H,20,24). The zero-order chi connectivity index (χ0) is 17.4. The Morgan fingerprint density at radius 3 is 2.46 bits per heavy atom. The van der Waals surface area contributed by atoms with Crippen molar-refractivity contribution in [3.05, 3.63) is 35.9 Å². The molecule has 0 bridgehead atoms. The fraction of sp³-hybridized carbons (Fsp3) is 0.579. The van der Waals surface area contributed by atoms with Crippen LogP contribution in [-0.2, 0) is 16.1 Å². The van der Waals surface area contributed by atoms with E-state index in [-0.39, 0.29) is 17.9 Å². The summed E-state index contributed by atoms with van der Waals surface area (Å²) in [5.74, 6) is 0.206. The first-order valence-electron chi connectivity index (χ1n) is 8.89. The van der Waals surface area contributed by atoms with Crippen LogP contribution < -0.4 is 5.32 Å². The van der Waals surface area contributed by atoms with E-state index in [1.54, 1.807) is 6.92 Å². The van der Waals surface area contributed by atoms with E-state index in [1.165, 1.54) is 5.56 Å². The lowest BCUT2D eigenvalue weighted by Gasteiger charge is -2.32. The molecule has 0 atom stereocenters. The molecule has 5 heteroatoms. The summed E-state index contributed by atoms with van der Waals surface area (Å²) in [6.45, 7) is 7.34. The molecule has 1 saturated heterocycles. The van der Waals surface area contributed by atoms with E-state index in [1.807, 2.05) is 23.1 Å². The van der Waals surface area contributed by atoms with Crippen LogP contribution in [0.4, 0.5) is 0 Å². The maximum atomic E-state index is 12.4. The Labute approximate surface area is 145 Å². The van der Waals surface area contributed by atoms with Crippen molar-refractivity contribution in [2.24, 2.45) is 0 Å². The Bertz CT molecular complexity index is 525. The van der Waals surface area contributed by atoms with Crippen LogP contribution in [0.3, 0.4) is 0 Å². The summed E-state index contributed by atoms with van der Waals surface area (Å²) in [6, 6.07) is 10.4. The highest BCUT2D eigenvalue weighted by Crippen LogP contribution is 2.11. The van der Waals surface area contributed by atoms with E-state index in [0.29, 0.717) is 6.54 Å². The van der Waals surface area contributed by atoms with E-state index in [4.69, 9.17) is 0 Å². The van der Waals surface area contributed by atoms with Gasteiger partial charge in [-0.05, 0) is 31.4 Å². The monoisotopic (exact) mass is 331 g/mol. The highest BCUT2D eigenvalue weighted by Gasteiger charge is 2.22. The molecular formula is C19H29N3O2. The summed E-state index contributed by atoms with van der Waals surface area (Å²) in [7, 11) is 0. The minimum Gasteiger partial charge on any atom is -0.352 e.